The van der Waals surface area contributed by atoms with Crippen molar-refractivity contribution in [3.63, 3.8) is 0 Å². The first-order valence-electron chi connectivity index (χ1n) is 7.90. The van der Waals surface area contributed by atoms with E-state index in [0.717, 1.165) is 12.0 Å². The summed E-state index contributed by atoms with van der Waals surface area (Å²) in [5.41, 5.74) is 0.426. The van der Waals surface area contributed by atoms with Gasteiger partial charge < -0.3 is 5.32 Å². The van der Waals surface area contributed by atoms with Crippen molar-refractivity contribution in [3.05, 3.63) is 60.2 Å². The summed E-state index contributed by atoms with van der Waals surface area (Å²) in [6.45, 7) is 1.99. The highest BCUT2D eigenvalue weighted by Crippen LogP contribution is 2.60. The summed E-state index contributed by atoms with van der Waals surface area (Å²) in [6, 6.07) is 9.87. The van der Waals surface area contributed by atoms with Crippen LogP contribution in [0.1, 0.15) is 24.9 Å². The average Bonchev–Trinajstić information content (AvgIpc) is 3.21. The lowest BCUT2D eigenvalue weighted by atomic mass is 9.69. The predicted octanol–water partition coefficient (Wildman–Crippen LogP) is 2.81. The molecule has 0 radical (unpaired) electrons. The van der Waals surface area contributed by atoms with Crippen LogP contribution >= 0.6 is 0 Å². The van der Waals surface area contributed by atoms with E-state index in [-0.39, 0.29) is 35.5 Å². The molecule has 5 atom stereocenters. The number of carbonyl (C=O) groups is 2. The van der Waals surface area contributed by atoms with E-state index in [1.54, 1.807) is 6.08 Å². The van der Waals surface area contributed by atoms with E-state index in [9.17, 15) is 9.59 Å². The Morgan fingerprint density at radius 1 is 1.27 bits per heavy atom. The van der Waals surface area contributed by atoms with E-state index in [0.29, 0.717) is 0 Å². The van der Waals surface area contributed by atoms with Gasteiger partial charge in [0.25, 0.3) is 0 Å². The van der Waals surface area contributed by atoms with Crippen LogP contribution in [0, 0.1) is 23.2 Å². The molecule has 3 aliphatic carbocycles. The highest BCUT2D eigenvalue weighted by molar-refractivity contribution is 6.04. The monoisotopic (exact) mass is 293 g/mol. The summed E-state index contributed by atoms with van der Waals surface area (Å²) in [5, 5.41) is 3.13. The number of allylic oxidation sites excluding steroid dienone is 3. The number of benzene rings is 1. The normalized spacial score (nSPS) is 35.7. The van der Waals surface area contributed by atoms with E-state index in [2.05, 4.69) is 17.5 Å². The van der Waals surface area contributed by atoms with Gasteiger partial charge in [-0.25, -0.2) is 0 Å². The Kier molecular flexibility index (Phi) is 2.86. The maximum absolute atomic E-state index is 13.0. The molecule has 3 heteroatoms. The van der Waals surface area contributed by atoms with Crippen LogP contribution in [0.5, 0.6) is 0 Å². The molecule has 1 saturated carbocycles. The number of fused-ring (bicyclic) bond motifs is 5. The number of ketones is 1. The molecule has 0 unspecified atom stereocenters. The molecule has 1 fully saturated rings. The Morgan fingerprint density at radius 2 is 2.05 bits per heavy atom. The summed E-state index contributed by atoms with van der Waals surface area (Å²) in [6.07, 6.45) is 8.64. The van der Waals surface area contributed by atoms with Crippen molar-refractivity contribution in [2.24, 2.45) is 23.2 Å². The van der Waals surface area contributed by atoms with Gasteiger partial charge in [0.05, 0.1) is 11.5 Å². The van der Waals surface area contributed by atoms with Gasteiger partial charge >= 0.3 is 0 Å². The second kappa shape index (κ2) is 4.67. The number of hydrogen-bond acceptors (Lipinski definition) is 2. The van der Waals surface area contributed by atoms with E-state index in [1.165, 1.54) is 0 Å². The summed E-state index contributed by atoms with van der Waals surface area (Å²) in [7, 11) is 0. The third-order valence-corrected chi connectivity index (χ3v) is 5.54. The summed E-state index contributed by atoms with van der Waals surface area (Å²) in [5.74, 6) is 0.302. The Labute approximate surface area is 130 Å². The molecular formula is C19H19NO2. The minimum atomic E-state index is -0.653. The highest BCUT2D eigenvalue weighted by Gasteiger charge is 2.63. The fourth-order valence-corrected chi connectivity index (χ4v) is 4.44. The van der Waals surface area contributed by atoms with Gasteiger partial charge in [-0.2, -0.15) is 0 Å². The highest BCUT2D eigenvalue weighted by atomic mass is 16.2. The molecule has 112 valence electrons. The number of hydrogen-bond donors (Lipinski definition) is 1. The molecule has 3 nitrogen and oxygen atoms in total. The van der Waals surface area contributed by atoms with Crippen molar-refractivity contribution in [1.82, 2.24) is 5.32 Å². The summed E-state index contributed by atoms with van der Waals surface area (Å²) in [4.78, 5) is 25.2. The van der Waals surface area contributed by atoms with E-state index in [1.807, 2.05) is 43.3 Å². The first kappa shape index (κ1) is 13.5. The zero-order chi connectivity index (χ0) is 15.3. The van der Waals surface area contributed by atoms with Crippen molar-refractivity contribution < 1.29 is 9.59 Å². The van der Waals surface area contributed by atoms with Crippen LogP contribution < -0.4 is 5.32 Å². The number of rotatable bonds is 3. The van der Waals surface area contributed by atoms with Crippen LogP contribution in [-0.4, -0.2) is 11.7 Å². The fourth-order valence-electron chi connectivity index (χ4n) is 4.44. The molecule has 0 aromatic heterocycles. The fraction of sp³-hybridized carbons (Fsp3) is 0.368. The van der Waals surface area contributed by atoms with Crippen LogP contribution in [0.25, 0.3) is 0 Å². The van der Waals surface area contributed by atoms with E-state index < -0.39 is 5.41 Å². The molecule has 4 rings (SSSR count). The number of nitrogens with one attached hydrogen (secondary N) is 1. The topological polar surface area (TPSA) is 46.2 Å². The molecule has 1 N–H and O–H groups in total. The zero-order valence-electron chi connectivity index (χ0n) is 12.5. The van der Waals surface area contributed by atoms with Crippen LogP contribution in [-0.2, 0) is 9.59 Å². The predicted molar refractivity (Wildman–Crippen MR) is 83.8 cm³/mol. The van der Waals surface area contributed by atoms with Gasteiger partial charge in [-0.3, -0.25) is 9.59 Å². The molecule has 1 aromatic rings. The largest absolute Gasteiger partial charge is 0.349 e. The third-order valence-electron chi connectivity index (χ3n) is 5.54. The van der Waals surface area contributed by atoms with Crippen molar-refractivity contribution >= 4 is 11.7 Å². The number of amides is 1. The van der Waals surface area contributed by atoms with Crippen LogP contribution in [0.15, 0.2) is 54.6 Å². The molecule has 1 aromatic carbocycles. The van der Waals surface area contributed by atoms with Crippen molar-refractivity contribution in [3.8, 4) is 0 Å². The standard InChI is InChI=1S/C19H19NO2/c1-12(13-5-3-2-4-6-13)20-18(22)19-10-9-16(21)17(19)14-7-8-15(19)11-14/h2-10,12,14-15,17H,11H2,1H3,(H,20,22)/t12-,14+,15+,17+,19+/m1/s1. The molecule has 3 aliphatic rings. The lowest BCUT2D eigenvalue weighted by Crippen LogP contribution is -2.47. The third kappa shape index (κ3) is 1.68. The Bertz CT molecular complexity index is 691. The minimum absolute atomic E-state index is 0.00666. The van der Waals surface area contributed by atoms with Gasteiger partial charge in [-0.15, -0.1) is 0 Å². The number of carbonyl (C=O) groups excluding carboxylic acids is 2. The molecule has 0 saturated heterocycles. The van der Waals surface area contributed by atoms with Crippen LogP contribution in [0.4, 0.5) is 0 Å². The minimum Gasteiger partial charge on any atom is -0.349 e. The van der Waals surface area contributed by atoms with Crippen LogP contribution in [0.3, 0.4) is 0 Å². The van der Waals surface area contributed by atoms with Gasteiger partial charge in [-0.05, 0) is 36.8 Å². The first-order valence-corrected chi connectivity index (χ1v) is 7.90. The molecule has 22 heavy (non-hydrogen) atoms. The van der Waals surface area contributed by atoms with Crippen molar-refractivity contribution in [2.75, 3.05) is 0 Å². The van der Waals surface area contributed by atoms with E-state index in [4.69, 9.17) is 0 Å². The maximum atomic E-state index is 13.0. The Morgan fingerprint density at radius 3 is 2.82 bits per heavy atom. The molecule has 0 heterocycles. The summed E-state index contributed by atoms with van der Waals surface area (Å²) >= 11 is 0. The quantitative estimate of drug-likeness (QED) is 0.871. The lowest BCUT2D eigenvalue weighted by molar-refractivity contribution is -0.136. The Balaban J connectivity index is 1.61. The molecule has 2 bridgehead atoms. The van der Waals surface area contributed by atoms with Gasteiger partial charge in [-0.1, -0.05) is 48.6 Å². The van der Waals surface area contributed by atoms with Crippen LogP contribution in [0.2, 0.25) is 0 Å². The smallest absolute Gasteiger partial charge is 0.231 e. The van der Waals surface area contributed by atoms with Crippen molar-refractivity contribution in [2.45, 2.75) is 19.4 Å². The Hall–Kier alpha value is -2.16. The van der Waals surface area contributed by atoms with Gasteiger partial charge in [0, 0.05) is 5.92 Å². The second-order valence-corrected chi connectivity index (χ2v) is 6.64. The second-order valence-electron chi connectivity index (χ2n) is 6.64. The molecule has 1 amide bonds. The molecule has 0 spiro atoms. The first-order chi connectivity index (χ1) is 10.6. The lowest BCUT2D eigenvalue weighted by Gasteiger charge is -2.34. The zero-order valence-corrected chi connectivity index (χ0v) is 12.5. The average molecular weight is 293 g/mol. The van der Waals surface area contributed by atoms with Gasteiger partial charge in [0.1, 0.15) is 0 Å². The van der Waals surface area contributed by atoms with E-state index >= 15 is 0 Å². The SMILES string of the molecule is C[C@@H](NC(=O)[C@]12C=CC(=O)[C@@H]1[C@H]1C=C[C@H]2C1)c1ccccc1. The molecular weight excluding hydrogens is 274 g/mol. The molecule has 0 aliphatic heterocycles. The van der Waals surface area contributed by atoms with Gasteiger partial charge in [0.2, 0.25) is 5.91 Å². The van der Waals surface area contributed by atoms with Crippen molar-refractivity contribution in [1.29, 1.82) is 0 Å². The van der Waals surface area contributed by atoms with Gasteiger partial charge in [0.15, 0.2) is 5.78 Å². The summed E-state index contributed by atoms with van der Waals surface area (Å²) < 4.78 is 0. The maximum Gasteiger partial charge on any atom is 0.231 e.